The van der Waals surface area contributed by atoms with Crippen LogP contribution in [0.25, 0.3) is 10.2 Å². The van der Waals surface area contributed by atoms with E-state index in [1.165, 1.54) is 29.0 Å². The second-order valence-corrected chi connectivity index (χ2v) is 13.5. The number of pyridine rings is 1. The number of aryl methyl sites for hydroxylation is 1. The van der Waals surface area contributed by atoms with Crippen LogP contribution in [-0.2, 0) is 23.0 Å². The molecule has 7 nitrogen and oxygen atoms in total. The Morgan fingerprint density at radius 3 is 2.23 bits per heavy atom. The molecule has 2 aromatic carbocycles. The molecular weight excluding hydrogens is 528 g/mol. The van der Waals surface area contributed by atoms with Crippen molar-refractivity contribution in [3.63, 3.8) is 0 Å². The number of fused-ring (bicyclic) bond motifs is 1. The Morgan fingerprint density at radius 1 is 0.949 bits per heavy atom. The van der Waals surface area contributed by atoms with Crippen molar-refractivity contribution in [2.75, 3.05) is 18.0 Å². The molecule has 0 saturated carbocycles. The molecule has 0 unspecified atom stereocenters. The standard InChI is InChI=1S/C30H36N4O3S2/c1-6-23-9-14-27-28(16-23)38-30(32-27)34(20-24-8-7-15-31-17-24)29(35)25-10-12-26(13-11-25)39(36,37)33(18-21(2)3)19-22(4)5/h7-17,21-22H,6,18-20H2,1-5H3. The Balaban J connectivity index is 1.67. The summed E-state index contributed by atoms with van der Waals surface area (Å²) < 4.78 is 29.5. The van der Waals surface area contributed by atoms with E-state index in [1.807, 2.05) is 45.9 Å². The maximum atomic E-state index is 13.8. The van der Waals surface area contributed by atoms with Gasteiger partial charge in [-0.2, -0.15) is 4.31 Å². The lowest BCUT2D eigenvalue weighted by Crippen LogP contribution is -2.37. The van der Waals surface area contributed by atoms with Gasteiger partial charge in [-0.1, -0.05) is 58.1 Å². The molecule has 2 aromatic heterocycles. The third-order valence-corrected chi connectivity index (χ3v) is 9.15. The van der Waals surface area contributed by atoms with Gasteiger partial charge < -0.3 is 0 Å². The molecule has 4 rings (SSSR count). The van der Waals surface area contributed by atoms with Gasteiger partial charge in [-0.05, 0) is 71.8 Å². The Hall–Kier alpha value is -3.14. The van der Waals surface area contributed by atoms with Crippen LogP contribution in [0.15, 0.2) is 71.9 Å². The second kappa shape index (κ2) is 12.4. The van der Waals surface area contributed by atoms with Gasteiger partial charge in [-0.15, -0.1) is 0 Å². The molecule has 206 valence electrons. The lowest BCUT2D eigenvalue weighted by molar-refractivity contribution is 0.0985. The van der Waals surface area contributed by atoms with Gasteiger partial charge in [0.15, 0.2) is 5.13 Å². The van der Waals surface area contributed by atoms with Crippen molar-refractivity contribution < 1.29 is 13.2 Å². The zero-order valence-electron chi connectivity index (χ0n) is 23.2. The largest absolute Gasteiger partial charge is 0.279 e. The summed E-state index contributed by atoms with van der Waals surface area (Å²) in [5.74, 6) is 0.143. The molecular formula is C30H36N4O3S2. The number of benzene rings is 2. The number of rotatable bonds is 11. The minimum absolute atomic E-state index is 0.186. The topological polar surface area (TPSA) is 83.5 Å². The van der Waals surface area contributed by atoms with Crippen LogP contribution in [0.5, 0.6) is 0 Å². The van der Waals surface area contributed by atoms with E-state index < -0.39 is 10.0 Å². The first-order valence-corrected chi connectivity index (χ1v) is 15.5. The molecule has 0 saturated heterocycles. The van der Waals surface area contributed by atoms with E-state index >= 15 is 0 Å². The zero-order valence-corrected chi connectivity index (χ0v) is 24.8. The first-order chi connectivity index (χ1) is 18.6. The molecule has 1 amide bonds. The highest BCUT2D eigenvalue weighted by Gasteiger charge is 2.27. The molecule has 0 radical (unpaired) electrons. The lowest BCUT2D eigenvalue weighted by Gasteiger charge is -2.26. The minimum atomic E-state index is -3.69. The molecule has 4 aromatic rings. The van der Waals surface area contributed by atoms with E-state index in [1.54, 1.807) is 33.7 Å². The summed E-state index contributed by atoms with van der Waals surface area (Å²) >= 11 is 1.47. The predicted molar refractivity (Wildman–Crippen MR) is 159 cm³/mol. The van der Waals surface area contributed by atoms with Crippen molar-refractivity contribution >= 4 is 42.6 Å². The maximum absolute atomic E-state index is 13.8. The van der Waals surface area contributed by atoms with E-state index in [0.29, 0.717) is 30.3 Å². The number of hydrogen-bond acceptors (Lipinski definition) is 6. The van der Waals surface area contributed by atoms with Gasteiger partial charge in [0.25, 0.3) is 5.91 Å². The summed E-state index contributed by atoms with van der Waals surface area (Å²) in [6.07, 6.45) is 4.35. The molecule has 2 heterocycles. The molecule has 0 N–H and O–H groups in total. The SMILES string of the molecule is CCc1ccc2nc(N(Cc3cccnc3)C(=O)c3ccc(S(=O)(=O)N(CC(C)C)CC(C)C)cc3)sc2c1. The average molecular weight is 565 g/mol. The van der Waals surface area contributed by atoms with Gasteiger partial charge in [0, 0.05) is 31.0 Å². The van der Waals surface area contributed by atoms with Crippen molar-refractivity contribution in [1.82, 2.24) is 14.3 Å². The fourth-order valence-corrected chi connectivity index (χ4v) is 7.15. The number of anilines is 1. The van der Waals surface area contributed by atoms with Gasteiger partial charge in [0.1, 0.15) is 0 Å². The highest BCUT2D eigenvalue weighted by Crippen LogP contribution is 2.32. The summed E-state index contributed by atoms with van der Waals surface area (Å²) in [5.41, 5.74) is 3.32. The number of sulfonamides is 1. The maximum Gasteiger partial charge on any atom is 0.260 e. The zero-order chi connectivity index (χ0) is 28.2. The van der Waals surface area contributed by atoms with Crippen LogP contribution in [0.3, 0.4) is 0 Å². The van der Waals surface area contributed by atoms with Gasteiger partial charge >= 0.3 is 0 Å². The van der Waals surface area contributed by atoms with Crippen LogP contribution < -0.4 is 4.90 Å². The fraction of sp³-hybridized carbons (Fsp3) is 0.367. The first kappa shape index (κ1) is 28.9. The van der Waals surface area contributed by atoms with Crippen molar-refractivity contribution in [3.8, 4) is 0 Å². The Labute approximate surface area is 235 Å². The van der Waals surface area contributed by atoms with Crippen LogP contribution in [0, 0.1) is 11.8 Å². The normalized spacial score (nSPS) is 12.1. The van der Waals surface area contributed by atoms with Gasteiger partial charge in [-0.25, -0.2) is 13.4 Å². The summed E-state index contributed by atoms with van der Waals surface area (Å²) in [5, 5.41) is 0.587. The van der Waals surface area contributed by atoms with Crippen LogP contribution in [0.1, 0.15) is 56.1 Å². The molecule has 39 heavy (non-hydrogen) atoms. The second-order valence-electron chi connectivity index (χ2n) is 10.5. The highest BCUT2D eigenvalue weighted by molar-refractivity contribution is 7.89. The number of amides is 1. The first-order valence-electron chi connectivity index (χ1n) is 13.3. The quantitative estimate of drug-likeness (QED) is 0.210. The smallest absolute Gasteiger partial charge is 0.260 e. The molecule has 9 heteroatoms. The van der Waals surface area contributed by atoms with Crippen LogP contribution in [0.4, 0.5) is 5.13 Å². The van der Waals surface area contributed by atoms with Crippen molar-refractivity contribution in [3.05, 3.63) is 83.7 Å². The number of carbonyl (C=O) groups is 1. The number of nitrogens with zero attached hydrogens (tertiary/aromatic N) is 4. The molecule has 0 bridgehead atoms. The minimum Gasteiger partial charge on any atom is -0.279 e. The van der Waals surface area contributed by atoms with E-state index in [9.17, 15) is 13.2 Å². The number of hydrogen-bond donors (Lipinski definition) is 0. The Kier molecular flexibility index (Phi) is 9.15. The third-order valence-electron chi connectivity index (χ3n) is 6.27. The summed E-state index contributed by atoms with van der Waals surface area (Å²) in [4.78, 5) is 24.6. The van der Waals surface area contributed by atoms with Gasteiger partial charge in [0.2, 0.25) is 10.0 Å². The third kappa shape index (κ3) is 6.90. The fourth-order valence-electron chi connectivity index (χ4n) is 4.35. The van der Waals surface area contributed by atoms with E-state index in [2.05, 4.69) is 24.0 Å². The number of thiazole rings is 1. The van der Waals surface area contributed by atoms with Crippen LogP contribution >= 0.6 is 11.3 Å². The lowest BCUT2D eigenvalue weighted by atomic mass is 10.2. The molecule has 0 spiro atoms. The summed E-state index contributed by atoms with van der Waals surface area (Å²) in [6, 6.07) is 16.2. The molecule has 0 aliphatic heterocycles. The van der Waals surface area contributed by atoms with Gasteiger partial charge in [0.05, 0.1) is 21.7 Å². The molecule has 0 aliphatic carbocycles. The Morgan fingerprint density at radius 2 is 1.64 bits per heavy atom. The van der Waals surface area contributed by atoms with E-state index in [-0.39, 0.29) is 22.6 Å². The van der Waals surface area contributed by atoms with Crippen LogP contribution in [-0.4, -0.2) is 41.7 Å². The van der Waals surface area contributed by atoms with Gasteiger partial charge in [-0.3, -0.25) is 14.7 Å². The summed E-state index contributed by atoms with van der Waals surface area (Å²) in [6.45, 7) is 11.3. The average Bonchev–Trinajstić information content (AvgIpc) is 3.34. The van der Waals surface area contributed by atoms with Crippen molar-refractivity contribution in [2.24, 2.45) is 11.8 Å². The van der Waals surface area contributed by atoms with E-state index in [0.717, 1.165) is 22.2 Å². The number of carbonyl (C=O) groups excluding carboxylic acids is 1. The van der Waals surface area contributed by atoms with Crippen molar-refractivity contribution in [1.29, 1.82) is 0 Å². The summed E-state index contributed by atoms with van der Waals surface area (Å²) in [7, 11) is -3.69. The molecule has 0 aliphatic rings. The monoisotopic (exact) mass is 564 g/mol. The highest BCUT2D eigenvalue weighted by atomic mass is 32.2. The molecule has 0 fully saturated rings. The molecule has 0 atom stereocenters. The van der Waals surface area contributed by atoms with Crippen molar-refractivity contribution in [2.45, 2.75) is 52.5 Å². The van der Waals surface area contributed by atoms with E-state index in [4.69, 9.17) is 4.98 Å². The number of aromatic nitrogens is 2. The van der Waals surface area contributed by atoms with Crippen LogP contribution in [0.2, 0.25) is 0 Å². The predicted octanol–water partition coefficient (Wildman–Crippen LogP) is 6.40. The Bertz CT molecular complexity index is 1510.